The van der Waals surface area contributed by atoms with Crippen LogP contribution in [0.4, 0.5) is 0 Å². The van der Waals surface area contributed by atoms with E-state index in [9.17, 15) is 19.2 Å². The first-order valence-electron chi connectivity index (χ1n) is 14.2. The van der Waals surface area contributed by atoms with Crippen LogP contribution in [0.25, 0.3) is 10.9 Å². The molecule has 4 aromatic rings. The number of benzene rings is 3. The molecule has 216 valence electrons. The van der Waals surface area contributed by atoms with Crippen LogP contribution in [-0.4, -0.2) is 53.3 Å². The van der Waals surface area contributed by atoms with Crippen molar-refractivity contribution in [2.45, 2.75) is 50.2 Å². The van der Waals surface area contributed by atoms with E-state index in [0.717, 1.165) is 27.6 Å². The van der Waals surface area contributed by atoms with Gasteiger partial charge in [-0.2, -0.15) is 0 Å². The topological polar surface area (TPSA) is 132 Å². The molecule has 1 fully saturated rings. The zero-order valence-electron chi connectivity index (χ0n) is 23.3. The summed E-state index contributed by atoms with van der Waals surface area (Å²) in [6, 6.07) is 24.6. The van der Waals surface area contributed by atoms with E-state index in [1.165, 1.54) is 0 Å². The van der Waals surface area contributed by atoms with Crippen LogP contribution in [0.2, 0.25) is 0 Å². The Morgan fingerprint density at radius 2 is 1.19 bits per heavy atom. The number of aromatic nitrogens is 1. The molecule has 42 heavy (non-hydrogen) atoms. The molecule has 1 saturated heterocycles. The molecule has 1 aromatic heterocycles. The molecule has 3 aromatic carbocycles. The van der Waals surface area contributed by atoms with Crippen LogP contribution in [0.3, 0.4) is 0 Å². The highest BCUT2D eigenvalue weighted by atomic mass is 16.2. The molecule has 0 spiro atoms. The van der Waals surface area contributed by atoms with Crippen molar-refractivity contribution in [3.63, 3.8) is 0 Å². The molecular weight excluding hydrogens is 530 g/mol. The molecular formula is C33H35N5O4. The van der Waals surface area contributed by atoms with E-state index < -0.39 is 29.9 Å². The fourth-order valence-electron chi connectivity index (χ4n) is 5.27. The fraction of sp³-hybridized carbons (Fsp3) is 0.273. The molecule has 5 N–H and O–H groups in total. The van der Waals surface area contributed by atoms with Gasteiger partial charge in [-0.05, 0) is 29.2 Å². The van der Waals surface area contributed by atoms with Crippen molar-refractivity contribution in [1.29, 1.82) is 0 Å². The average Bonchev–Trinajstić information content (AvgIpc) is 3.41. The Morgan fingerprint density at radius 1 is 0.595 bits per heavy atom. The second-order valence-corrected chi connectivity index (χ2v) is 10.6. The number of amides is 4. The lowest BCUT2D eigenvalue weighted by atomic mass is 10.0. The van der Waals surface area contributed by atoms with Gasteiger partial charge in [-0.15, -0.1) is 0 Å². The molecule has 2 heterocycles. The molecule has 9 heteroatoms. The Hall–Kier alpha value is -4.92. The quantitative estimate of drug-likeness (QED) is 0.246. The zero-order chi connectivity index (χ0) is 29.3. The number of para-hydroxylation sites is 1. The summed E-state index contributed by atoms with van der Waals surface area (Å²) in [7, 11) is 0. The largest absolute Gasteiger partial charge is 0.361 e. The molecule has 3 atom stereocenters. The summed E-state index contributed by atoms with van der Waals surface area (Å²) in [5.41, 5.74) is 3.66. The van der Waals surface area contributed by atoms with Gasteiger partial charge in [-0.1, -0.05) is 78.9 Å². The van der Waals surface area contributed by atoms with Gasteiger partial charge in [0, 0.05) is 49.3 Å². The summed E-state index contributed by atoms with van der Waals surface area (Å²) in [6.07, 6.45) is 2.70. The van der Waals surface area contributed by atoms with E-state index in [1.54, 1.807) is 0 Å². The van der Waals surface area contributed by atoms with Crippen LogP contribution >= 0.6 is 0 Å². The van der Waals surface area contributed by atoms with Gasteiger partial charge in [0.2, 0.25) is 23.6 Å². The van der Waals surface area contributed by atoms with Crippen LogP contribution in [-0.2, 0) is 38.4 Å². The summed E-state index contributed by atoms with van der Waals surface area (Å²) in [4.78, 5) is 56.3. The van der Waals surface area contributed by atoms with Gasteiger partial charge in [0.25, 0.3) is 0 Å². The Morgan fingerprint density at radius 3 is 1.90 bits per heavy atom. The highest BCUT2D eigenvalue weighted by molar-refractivity contribution is 5.94. The highest BCUT2D eigenvalue weighted by Gasteiger charge is 2.29. The van der Waals surface area contributed by atoms with Gasteiger partial charge in [0.1, 0.15) is 12.1 Å². The first kappa shape index (κ1) is 28.6. The summed E-state index contributed by atoms with van der Waals surface area (Å²) >= 11 is 0. The third-order valence-corrected chi connectivity index (χ3v) is 7.46. The monoisotopic (exact) mass is 565 g/mol. The molecule has 5 rings (SSSR count). The van der Waals surface area contributed by atoms with Crippen molar-refractivity contribution >= 4 is 34.5 Å². The molecule has 9 nitrogen and oxygen atoms in total. The molecule has 1 aliphatic heterocycles. The zero-order valence-corrected chi connectivity index (χ0v) is 23.3. The minimum absolute atomic E-state index is 0.0386. The number of H-pyrrole nitrogens is 1. The van der Waals surface area contributed by atoms with Gasteiger partial charge in [0.15, 0.2) is 0 Å². The number of carbonyl (C=O) groups is 4. The average molecular weight is 566 g/mol. The van der Waals surface area contributed by atoms with Crippen molar-refractivity contribution in [3.05, 3.63) is 108 Å². The summed E-state index contributed by atoms with van der Waals surface area (Å²) in [5.74, 6) is -1.54. The lowest BCUT2D eigenvalue weighted by Gasteiger charge is -2.26. The second kappa shape index (κ2) is 13.6. The van der Waals surface area contributed by atoms with E-state index in [0.29, 0.717) is 6.42 Å². The lowest BCUT2D eigenvalue weighted by molar-refractivity contribution is -0.133. The van der Waals surface area contributed by atoms with Crippen molar-refractivity contribution in [2.24, 2.45) is 0 Å². The van der Waals surface area contributed by atoms with E-state index in [1.807, 2.05) is 91.1 Å². The van der Waals surface area contributed by atoms with E-state index in [-0.39, 0.29) is 44.0 Å². The predicted molar refractivity (Wildman–Crippen MR) is 160 cm³/mol. The number of fused-ring (bicyclic) bond motifs is 1. The third-order valence-electron chi connectivity index (χ3n) is 7.46. The Balaban J connectivity index is 1.40. The molecule has 0 unspecified atom stereocenters. The first-order chi connectivity index (χ1) is 20.4. The standard InChI is InChI=1S/C33H35N5O4/c39-30-15-16-31(40)37-29(19-24-20-34-27-14-8-7-13-26(24)27)33(42)38-28(18-23-11-5-2-6-12-23)32(41)35-21-25(36-30)17-22-9-3-1-4-10-22/h1-14,20,25,28-29,34H,15-19,21H2,(H,35,41)(H,36,39)(H,37,40)(H,38,42)/t25-,28-,29-/m0/s1. The van der Waals surface area contributed by atoms with E-state index in [4.69, 9.17) is 0 Å². The number of rotatable bonds is 6. The van der Waals surface area contributed by atoms with Crippen molar-refractivity contribution in [1.82, 2.24) is 26.3 Å². The van der Waals surface area contributed by atoms with Gasteiger partial charge in [-0.25, -0.2) is 0 Å². The van der Waals surface area contributed by atoms with Crippen LogP contribution in [0.5, 0.6) is 0 Å². The molecule has 0 bridgehead atoms. The molecule has 0 saturated carbocycles. The maximum atomic E-state index is 13.7. The molecule has 0 aliphatic carbocycles. The van der Waals surface area contributed by atoms with Crippen molar-refractivity contribution in [2.75, 3.05) is 6.54 Å². The second-order valence-electron chi connectivity index (χ2n) is 10.6. The number of aromatic amines is 1. The number of hydrogen-bond acceptors (Lipinski definition) is 4. The van der Waals surface area contributed by atoms with Crippen molar-refractivity contribution < 1.29 is 19.2 Å². The lowest BCUT2D eigenvalue weighted by Crippen LogP contribution is -2.56. The molecule has 1 aliphatic rings. The molecule has 4 amide bonds. The number of hydrogen-bond donors (Lipinski definition) is 5. The minimum Gasteiger partial charge on any atom is -0.361 e. The summed E-state index contributed by atoms with van der Waals surface area (Å²) in [6.45, 7) is 0.172. The smallest absolute Gasteiger partial charge is 0.243 e. The summed E-state index contributed by atoms with van der Waals surface area (Å²) in [5, 5.41) is 12.6. The number of nitrogens with one attached hydrogen (secondary N) is 5. The van der Waals surface area contributed by atoms with E-state index >= 15 is 0 Å². The maximum Gasteiger partial charge on any atom is 0.243 e. The Kier molecular flexibility index (Phi) is 9.28. The minimum atomic E-state index is -0.945. The van der Waals surface area contributed by atoms with Gasteiger partial charge < -0.3 is 26.3 Å². The first-order valence-corrected chi connectivity index (χ1v) is 14.2. The predicted octanol–water partition coefficient (Wildman–Crippen LogP) is 2.56. The van der Waals surface area contributed by atoms with Gasteiger partial charge >= 0.3 is 0 Å². The normalized spacial score (nSPS) is 20.6. The van der Waals surface area contributed by atoms with Crippen LogP contribution in [0.15, 0.2) is 91.1 Å². The van der Waals surface area contributed by atoms with Crippen LogP contribution in [0, 0.1) is 0 Å². The van der Waals surface area contributed by atoms with Crippen molar-refractivity contribution in [3.8, 4) is 0 Å². The fourth-order valence-corrected chi connectivity index (χ4v) is 5.27. The van der Waals surface area contributed by atoms with Gasteiger partial charge in [-0.3, -0.25) is 19.2 Å². The molecule has 0 radical (unpaired) electrons. The Labute approximate surface area is 244 Å². The SMILES string of the molecule is O=C1CCC(=O)N[C@@H](Cc2c[nH]c3ccccc23)C(=O)N[C@@H](Cc2ccccc2)C(=O)NC[C@H](Cc2ccccc2)N1. The maximum absolute atomic E-state index is 13.7. The third kappa shape index (κ3) is 7.63. The highest BCUT2D eigenvalue weighted by Crippen LogP contribution is 2.19. The number of carbonyl (C=O) groups excluding carboxylic acids is 4. The van der Waals surface area contributed by atoms with E-state index in [2.05, 4.69) is 26.3 Å². The Bertz CT molecular complexity index is 1540. The summed E-state index contributed by atoms with van der Waals surface area (Å²) < 4.78 is 0. The van der Waals surface area contributed by atoms with Crippen LogP contribution in [0.1, 0.15) is 29.5 Å². The van der Waals surface area contributed by atoms with Gasteiger partial charge in [0.05, 0.1) is 6.04 Å². The van der Waals surface area contributed by atoms with Crippen LogP contribution < -0.4 is 21.3 Å².